The molecule has 0 aromatic heterocycles. The molecule has 74 valence electrons. The fourth-order valence-corrected chi connectivity index (χ4v) is 1.53. The summed E-state index contributed by atoms with van der Waals surface area (Å²) in [6, 6.07) is 5.94. The monoisotopic (exact) mass is 197 g/mol. The van der Waals surface area contributed by atoms with Crippen molar-refractivity contribution < 1.29 is 0 Å². The molecule has 3 nitrogen and oxygen atoms in total. The molecule has 0 aliphatic heterocycles. The summed E-state index contributed by atoms with van der Waals surface area (Å²) in [5.74, 6) is 0. The number of hydrogen-bond acceptors (Lipinski definition) is 3. The SMILES string of the molecule is C=Cc1cc(C)c(C#N)c(C#N)c1NC. The fourth-order valence-electron chi connectivity index (χ4n) is 1.53. The highest BCUT2D eigenvalue weighted by atomic mass is 14.8. The minimum atomic E-state index is 0.384. The van der Waals surface area contributed by atoms with E-state index in [0.717, 1.165) is 11.1 Å². The Hall–Kier alpha value is -2.26. The minimum absolute atomic E-state index is 0.384. The molecule has 1 aromatic rings. The van der Waals surface area contributed by atoms with Crippen molar-refractivity contribution in [2.24, 2.45) is 0 Å². The number of rotatable bonds is 2. The second-order valence-corrected chi connectivity index (χ2v) is 3.09. The van der Waals surface area contributed by atoms with Gasteiger partial charge >= 0.3 is 0 Å². The van der Waals surface area contributed by atoms with E-state index in [-0.39, 0.29) is 0 Å². The van der Waals surface area contributed by atoms with Crippen LogP contribution in [0.3, 0.4) is 0 Å². The highest BCUT2D eigenvalue weighted by Gasteiger charge is 2.13. The van der Waals surface area contributed by atoms with Gasteiger partial charge in [0.25, 0.3) is 0 Å². The van der Waals surface area contributed by atoms with Gasteiger partial charge in [-0.25, -0.2) is 0 Å². The lowest BCUT2D eigenvalue weighted by atomic mass is 9.97. The summed E-state index contributed by atoms with van der Waals surface area (Å²) in [7, 11) is 1.72. The Morgan fingerprint density at radius 1 is 1.33 bits per heavy atom. The fraction of sp³-hybridized carbons (Fsp3) is 0.167. The lowest BCUT2D eigenvalue weighted by Gasteiger charge is -2.11. The number of hydrogen-bond donors (Lipinski definition) is 1. The van der Waals surface area contributed by atoms with Crippen LogP contribution in [0.4, 0.5) is 5.69 Å². The summed E-state index contributed by atoms with van der Waals surface area (Å²) in [5, 5.41) is 20.9. The Bertz CT molecular complexity index is 487. The van der Waals surface area contributed by atoms with Crippen molar-refractivity contribution in [3.63, 3.8) is 0 Å². The van der Waals surface area contributed by atoms with Crippen LogP contribution in [0.2, 0.25) is 0 Å². The van der Waals surface area contributed by atoms with Gasteiger partial charge in [0.1, 0.15) is 12.1 Å². The van der Waals surface area contributed by atoms with Crippen LogP contribution in [0.15, 0.2) is 12.6 Å². The van der Waals surface area contributed by atoms with Gasteiger partial charge in [-0.3, -0.25) is 0 Å². The van der Waals surface area contributed by atoms with E-state index >= 15 is 0 Å². The molecule has 0 fully saturated rings. The Morgan fingerprint density at radius 2 is 1.93 bits per heavy atom. The zero-order valence-electron chi connectivity index (χ0n) is 8.76. The molecule has 15 heavy (non-hydrogen) atoms. The number of nitriles is 2. The highest BCUT2D eigenvalue weighted by molar-refractivity contribution is 5.76. The zero-order chi connectivity index (χ0) is 11.4. The largest absolute Gasteiger partial charge is 0.387 e. The van der Waals surface area contributed by atoms with E-state index in [0.29, 0.717) is 16.8 Å². The van der Waals surface area contributed by atoms with Crippen LogP contribution in [0.5, 0.6) is 0 Å². The molecule has 0 aliphatic rings. The van der Waals surface area contributed by atoms with Crippen molar-refractivity contribution in [1.82, 2.24) is 0 Å². The maximum Gasteiger partial charge on any atom is 0.103 e. The van der Waals surface area contributed by atoms with E-state index in [1.165, 1.54) is 0 Å². The molecule has 0 saturated heterocycles. The molecule has 0 unspecified atom stereocenters. The van der Waals surface area contributed by atoms with Crippen LogP contribution in [0, 0.1) is 29.6 Å². The first-order valence-electron chi connectivity index (χ1n) is 4.47. The third-order valence-corrected chi connectivity index (χ3v) is 2.25. The lowest BCUT2D eigenvalue weighted by Crippen LogP contribution is -2.00. The molecule has 0 amide bonds. The zero-order valence-corrected chi connectivity index (χ0v) is 8.76. The van der Waals surface area contributed by atoms with Crippen LogP contribution < -0.4 is 5.32 Å². The van der Waals surface area contributed by atoms with E-state index in [1.54, 1.807) is 13.1 Å². The maximum absolute atomic E-state index is 9.03. The van der Waals surface area contributed by atoms with Crippen molar-refractivity contribution in [1.29, 1.82) is 10.5 Å². The summed E-state index contributed by atoms with van der Waals surface area (Å²) in [6.45, 7) is 5.49. The van der Waals surface area contributed by atoms with Crippen molar-refractivity contribution in [2.75, 3.05) is 12.4 Å². The predicted molar refractivity (Wildman–Crippen MR) is 60.2 cm³/mol. The van der Waals surface area contributed by atoms with Gasteiger partial charge in [-0.2, -0.15) is 10.5 Å². The van der Waals surface area contributed by atoms with Gasteiger partial charge in [0.05, 0.1) is 16.8 Å². The van der Waals surface area contributed by atoms with Crippen molar-refractivity contribution in [2.45, 2.75) is 6.92 Å². The summed E-state index contributed by atoms with van der Waals surface area (Å²) in [5.41, 5.74) is 3.10. The summed E-state index contributed by atoms with van der Waals surface area (Å²) >= 11 is 0. The molecule has 0 radical (unpaired) electrons. The predicted octanol–water partition coefficient (Wildman–Crippen LogP) is 2.42. The highest BCUT2D eigenvalue weighted by Crippen LogP contribution is 2.27. The smallest absolute Gasteiger partial charge is 0.103 e. The van der Waals surface area contributed by atoms with Gasteiger partial charge in [0.2, 0.25) is 0 Å². The topological polar surface area (TPSA) is 59.6 Å². The number of aryl methyl sites for hydroxylation is 1. The minimum Gasteiger partial charge on any atom is -0.387 e. The number of anilines is 1. The summed E-state index contributed by atoms with van der Waals surface area (Å²) in [4.78, 5) is 0. The molecule has 0 bridgehead atoms. The first-order valence-corrected chi connectivity index (χ1v) is 4.47. The maximum atomic E-state index is 9.03. The second kappa shape index (κ2) is 4.30. The summed E-state index contributed by atoms with van der Waals surface area (Å²) in [6.07, 6.45) is 1.67. The van der Waals surface area contributed by atoms with Crippen LogP contribution in [0.25, 0.3) is 6.08 Å². The quantitative estimate of drug-likeness (QED) is 0.792. The van der Waals surface area contributed by atoms with Crippen LogP contribution in [-0.4, -0.2) is 7.05 Å². The molecule has 0 heterocycles. The normalized spacial score (nSPS) is 8.80. The molecule has 0 atom stereocenters. The molecular weight excluding hydrogens is 186 g/mol. The van der Waals surface area contributed by atoms with Gasteiger partial charge in [0.15, 0.2) is 0 Å². The van der Waals surface area contributed by atoms with Crippen molar-refractivity contribution in [3.05, 3.63) is 34.9 Å². The number of nitrogens with zero attached hydrogens (tertiary/aromatic N) is 2. The summed E-state index contributed by atoms with van der Waals surface area (Å²) < 4.78 is 0. The average Bonchev–Trinajstić information content (AvgIpc) is 2.27. The molecule has 0 spiro atoms. The molecule has 0 aliphatic carbocycles. The molecule has 1 aromatic carbocycles. The van der Waals surface area contributed by atoms with Crippen molar-refractivity contribution in [3.8, 4) is 12.1 Å². The van der Waals surface area contributed by atoms with Crippen LogP contribution >= 0.6 is 0 Å². The first kappa shape index (κ1) is 10.8. The number of nitrogens with one attached hydrogen (secondary N) is 1. The van der Waals surface area contributed by atoms with Crippen LogP contribution in [-0.2, 0) is 0 Å². The molecule has 1 N–H and O–H groups in total. The van der Waals surface area contributed by atoms with Gasteiger partial charge in [0, 0.05) is 7.05 Å². The first-order chi connectivity index (χ1) is 7.19. The molecule has 1 rings (SSSR count). The Labute approximate surface area is 89.3 Å². The van der Waals surface area contributed by atoms with E-state index in [4.69, 9.17) is 10.5 Å². The average molecular weight is 197 g/mol. The van der Waals surface area contributed by atoms with E-state index < -0.39 is 0 Å². The van der Waals surface area contributed by atoms with E-state index in [1.807, 2.05) is 25.1 Å². The number of benzene rings is 1. The standard InChI is InChI=1S/C12H11N3/c1-4-9-5-8(2)10(6-13)11(7-14)12(9)15-3/h4-5,15H,1H2,2-3H3. The van der Waals surface area contributed by atoms with Crippen molar-refractivity contribution >= 4 is 11.8 Å². The third-order valence-electron chi connectivity index (χ3n) is 2.25. The van der Waals surface area contributed by atoms with Gasteiger partial charge < -0.3 is 5.32 Å². The van der Waals surface area contributed by atoms with E-state index in [9.17, 15) is 0 Å². The molecular formula is C12H11N3. The molecule has 0 saturated carbocycles. The van der Waals surface area contributed by atoms with Crippen LogP contribution in [0.1, 0.15) is 22.3 Å². The Morgan fingerprint density at radius 3 is 2.33 bits per heavy atom. The Kier molecular flexibility index (Phi) is 3.10. The van der Waals surface area contributed by atoms with Gasteiger partial charge in [-0.05, 0) is 24.1 Å². The second-order valence-electron chi connectivity index (χ2n) is 3.09. The molecule has 3 heteroatoms. The van der Waals surface area contributed by atoms with Gasteiger partial charge in [-0.15, -0.1) is 0 Å². The van der Waals surface area contributed by atoms with E-state index in [2.05, 4.69) is 11.9 Å². The van der Waals surface area contributed by atoms with Gasteiger partial charge in [-0.1, -0.05) is 12.7 Å². The Balaban J connectivity index is 3.71. The third kappa shape index (κ3) is 1.68. The lowest BCUT2D eigenvalue weighted by molar-refractivity contribution is 1.33.